The largest absolute Gasteiger partial charge is 0.494 e. The third-order valence-electron chi connectivity index (χ3n) is 4.43. The zero-order chi connectivity index (χ0) is 16.9. The van der Waals surface area contributed by atoms with Gasteiger partial charge >= 0.3 is 0 Å². The van der Waals surface area contributed by atoms with Gasteiger partial charge in [-0.05, 0) is 50.3 Å². The van der Waals surface area contributed by atoms with Crippen LogP contribution in [0.4, 0.5) is 5.69 Å². The van der Waals surface area contributed by atoms with E-state index < -0.39 is 5.60 Å². The van der Waals surface area contributed by atoms with Crippen molar-refractivity contribution in [3.05, 3.63) is 23.8 Å². The first kappa shape index (κ1) is 17.3. The number of methoxy groups -OCH3 is 1. The van der Waals surface area contributed by atoms with Gasteiger partial charge in [-0.15, -0.1) is 0 Å². The first-order valence-electron chi connectivity index (χ1n) is 8.08. The van der Waals surface area contributed by atoms with Crippen molar-refractivity contribution in [3.63, 3.8) is 0 Å². The number of carbonyl (C=O) groups is 1. The maximum absolute atomic E-state index is 12.8. The average molecular weight is 316 g/mol. The molecule has 2 atom stereocenters. The quantitative estimate of drug-likeness (QED) is 0.902. The number of anilines is 1. The molecule has 124 valence electrons. The van der Waals surface area contributed by atoms with Crippen LogP contribution < -0.4 is 10.1 Å². The summed E-state index contributed by atoms with van der Waals surface area (Å²) in [6.07, 6.45) is 3.49. The van der Waals surface area contributed by atoms with Crippen molar-refractivity contribution < 1.29 is 14.3 Å². The Bertz CT molecular complexity index is 609. The molecule has 2 rings (SSSR count). The minimum atomic E-state index is -0.803. The van der Waals surface area contributed by atoms with Crippen LogP contribution in [0.1, 0.15) is 45.1 Å². The van der Waals surface area contributed by atoms with E-state index in [2.05, 4.69) is 18.3 Å². The Balaban J connectivity index is 2.20. The Morgan fingerprint density at radius 1 is 1.52 bits per heavy atom. The molecule has 0 radical (unpaired) electrons. The molecule has 5 nitrogen and oxygen atoms in total. The minimum absolute atomic E-state index is 0.174. The van der Waals surface area contributed by atoms with Crippen LogP contribution in [0.3, 0.4) is 0 Å². The van der Waals surface area contributed by atoms with Crippen LogP contribution in [0.5, 0.6) is 5.75 Å². The number of nitrogens with zero attached hydrogens (tertiary/aromatic N) is 1. The summed E-state index contributed by atoms with van der Waals surface area (Å²) in [4.78, 5) is 12.8. The van der Waals surface area contributed by atoms with E-state index in [0.717, 1.165) is 12.8 Å². The number of hydrogen-bond acceptors (Lipinski definition) is 4. The van der Waals surface area contributed by atoms with E-state index in [9.17, 15) is 10.1 Å². The Hall–Kier alpha value is -2.06. The van der Waals surface area contributed by atoms with E-state index in [1.54, 1.807) is 25.3 Å². The summed E-state index contributed by atoms with van der Waals surface area (Å²) in [5.74, 6) is 0.896. The van der Waals surface area contributed by atoms with Crippen LogP contribution >= 0.6 is 0 Å². The fourth-order valence-electron chi connectivity index (χ4n) is 3.20. The van der Waals surface area contributed by atoms with Gasteiger partial charge in [-0.3, -0.25) is 4.79 Å². The molecule has 0 spiro atoms. The summed E-state index contributed by atoms with van der Waals surface area (Å²) < 4.78 is 11.0. The van der Waals surface area contributed by atoms with Crippen molar-refractivity contribution in [1.82, 2.24) is 0 Å². The van der Waals surface area contributed by atoms with Crippen LogP contribution in [0, 0.1) is 17.2 Å². The highest BCUT2D eigenvalue weighted by molar-refractivity contribution is 5.98. The number of rotatable bonds is 5. The summed E-state index contributed by atoms with van der Waals surface area (Å²) in [6.45, 7) is 4.55. The number of nitrogens with one attached hydrogen (secondary N) is 1. The molecule has 1 fully saturated rings. The number of benzene rings is 1. The lowest BCUT2D eigenvalue weighted by Crippen LogP contribution is -2.48. The van der Waals surface area contributed by atoms with Gasteiger partial charge in [-0.25, -0.2) is 0 Å². The molecule has 0 heterocycles. The van der Waals surface area contributed by atoms with Crippen molar-refractivity contribution in [2.24, 2.45) is 5.92 Å². The lowest BCUT2D eigenvalue weighted by Gasteiger charge is -2.37. The maximum Gasteiger partial charge on any atom is 0.256 e. The van der Waals surface area contributed by atoms with Gasteiger partial charge in [-0.1, -0.05) is 13.3 Å². The molecule has 0 aliphatic heterocycles. The monoisotopic (exact) mass is 316 g/mol. The van der Waals surface area contributed by atoms with Crippen molar-refractivity contribution in [3.8, 4) is 11.8 Å². The molecule has 0 saturated heterocycles. The topological polar surface area (TPSA) is 71.3 Å². The highest BCUT2D eigenvalue weighted by Gasteiger charge is 2.42. The van der Waals surface area contributed by atoms with Gasteiger partial charge in [-0.2, -0.15) is 5.26 Å². The van der Waals surface area contributed by atoms with Gasteiger partial charge in [0.2, 0.25) is 0 Å². The smallest absolute Gasteiger partial charge is 0.256 e. The third-order valence-corrected chi connectivity index (χ3v) is 4.43. The van der Waals surface area contributed by atoms with Crippen LogP contribution in [0.2, 0.25) is 0 Å². The number of hydrogen-bond donors (Lipinski definition) is 1. The zero-order valence-corrected chi connectivity index (χ0v) is 14.0. The number of ether oxygens (including phenoxy) is 2. The minimum Gasteiger partial charge on any atom is -0.494 e. The summed E-state index contributed by atoms with van der Waals surface area (Å²) in [5, 5.41) is 12.2. The van der Waals surface area contributed by atoms with Gasteiger partial charge in [0.15, 0.2) is 0 Å². The molecule has 1 aromatic rings. The fourth-order valence-corrected chi connectivity index (χ4v) is 3.20. The summed E-state index contributed by atoms with van der Waals surface area (Å²) in [6, 6.07) is 7.21. The Kier molecular flexibility index (Phi) is 5.62. The Morgan fingerprint density at radius 2 is 2.30 bits per heavy atom. The molecule has 1 aliphatic carbocycles. The van der Waals surface area contributed by atoms with Gasteiger partial charge in [0.05, 0.1) is 17.9 Å². The molecule has 2 unspecified atom stereocenters. The summed E-state index contributed by atoms with van der Waals surface area (Å²) in [7, 11) is 1.58. The van der Waals surface area contributed by atoms with E-state index in [1.807, 2.05) is 6.92 Å². The molecule has 1 N–H and O–H groups in total. The van der Waals surface area contributed by atoms with E-state index >= 15 is 0 Å². The second-order valence-corrected chi connectivity index (χ2v) is 6.11. The Morgan fingerprint density at radius 3 is 2.91 bits per heavy atom. The predicted molar refractivity (Wildman–Crippen MR) is 88.3 cm³/mol. The van der Waals surface area contributed by atoms with Crippen LogP contribution in [0.25, 0.3) is 0 Å². The molecule has 5 heteroatoms. The first-order chi connectivity index (χ1) is 11.0. The fraction of sp³-hybridized carbons (Fsp3) is 0.556. The van der Waals surface area contributed by atoms with Crippen molar-refractivity contribution in [1.29, 1.82) is 5.26 Å². The molecular formula is C18H24N2O3. The van der Waals surface area contributed by atoms with Gasteiger partial charge in [0.25, 0.3) is 5.91 Å². The van der Waals surface area contributed by atoms with Gasteiger partial charge in [0, 0.05) is 7.11 Å². The third kappa shape index (κ3) is 3.83. The lowest BCUT2D eigenvalue weighted by molar-refractivity contribution is -0.143. The molecular weight excluding hydrogens is 292 g/mol. The molecule has 0 aromatic heterocycles. The van der Waals surface area contributed by atoms with E-state index in [1.165, 1.54) is 0 Å². The van der Waals surface area contributed by atoms with Crippen LogP contribution in [0.15, 0.2) is 18.2 Å². The number of carbonyl (C=O) groups excluding carboxylic acids is 1. The normalized spacial score (nSPS) is 23.8. The molecule has 0 bridgehead atoms. The van der Waals surface area contributed by atoms with Gasteiger partial charge in [0.1, 0.15) is 17.4 Å². The highest BCUT2D eigenvalue weighted by Crippen LogP contribution is 2.36. The SMILES string of the molecule is CCOc1ccc(NC(=O)C2(OC)CCCC(C)C2)c(C#N)c1. The predicted octanol–water partition coefficient (Wildman–Crippen LogP) is 3.49. The van der Waals surface area contributed by atoms with Crippen LogP contribution in [-0.2, 0) is 9.53 Å². The van der Waals surface area contributed by atoms with Gasteiger partial charge < -0.3 is 14.8 Å². The maximum atomic E-state index is 12.8. The molecule has 1 amide bonds. The van der Waals surface area contributed by atoms with E-state index in [-0.39, 0.29) is 5.91 Å². The molecule has 1 saturated carbocycles. The second kappa shape index (κ2) is 7.47. The standard InChI is InChI=1S/C18H24N2O3/c1-4-23-15-7-8-16(14(10-15)12-19)20-17(21)18(22-3)9-5-6-13(2)11-18/h7-8,10,13H,4-6,9,11H2,1-3H3,(H,20,21). The summed E-state index contributed by atoms with van der Waals surface area (Å²) >= 11 is 0. The van der Waals surface area contributed by atoms with E-state index in [0.29, 0.717) is 42.4 Å². The van der Waals surface area contributed by atoms with Crippen molar-refractivity contribution >= 4 is 11.6 Å². The molecule has 23 heavy (non-hydrogen) atoms. The van der Waals surface area contributed by atoms with Crippen molar-refractivity contribution in [2.45, 2.75) is 45.1 Å². The van der Waals surface area contributed by atoms with E-state index in [4.69, 9.17) is 9.47 Å². The van der Waals surface area contributed by atoms with Crippen molar-refractivity contribution in [2.75, 3.05) is 19.0 Å². The average Bonchev–Trinajstić information content (AvgIpc) is 2.56. The Labute approximate surface area is 137 Å². The molecule has 1 aromatic carbocycles. The summed E-state index contributed by atoms with van der Waals surface area (Å²) in [5.41, 5.74) is 0.0817. The number of amides is 1. The second-order valence-electron chi connectivity index (χ2n) is 6.11. The number of nitriles is 1. The lowest BCUT2D eigenvalue weighted by atomic mass is 9.78. The van der Waals surface area contributed by atoms with Crippen LogP contribution in [-0.4, -0.2) is 25.2 Å². The highest BCUT2D eigenvalue weighted by atomic mass is 16.5. The zero-order valence-electron chi connectivity index (χ0n) is 14.0. The first-order valence-corrected chi connectivity index (χ1v) is 8.08. The molecule has 1 aliphatic rings.